The lowest BCUT2D eigenvalue weighted by Gasteiger charge is -2.09. The zero-order valence-electron chi connectivity index (χ0n) is 13.8. The van der Waals surface area contributed by atoms with Gasteiger partial charge in [0.05, 0.1) is 0 Å². The Kier molecular flexibility index (Phi) is 10.7. The van der Waals surface area contributed by atoms with Crippen LogP contribution in [0.5, 0.6) is 11.6 Å². The molecule has 2 rings (SSSR count). The summed E-state index contributed by atoms with van der Waals surface area (Å²) in [6.45, 7) is 2.26. The molecule has 1 aromatic carbocycles. The first-order chi connectivity index (χ1) is 11.0. The van der Waals surface area contributed by atoms with Crippen molar-refractivity contribution in [3.8, 4) is 11.6 Å². The van der Waals surface area contributed by atoms with E-state index in [1.807, 2.05) is 6.92 Å². The fourth-order valence-corrected chi connectivity index (χ4v) is 1.89. The van der Waals surface area contributed by atoms with Crippen LogP contribution in [-0.2, 0) is 11.3 Å². The van der Waals surface area contributed by atoms with E-state index in [1.165, 1.54) is 24.3 Å². The summed E-state index contributed by atoms with van der Waals surface area (Å²) in [6, 6.07) is 9.23. The fourth-order valence-electron chi connectivity index (χ4n) is 1.89. The van der Waals surface area contributed by atoms with E-state index in [2.05, 4.69) is 10.3 Å². The minimum absolute atomic E-state index is 0. The van der Waals surface area contributed by atoms with Crippen molar-refractivity contribution in [2.75, 3.05) is 0 Å². The zero-order chi connectivity index (χ0) is 16.7. The fraction of sp³-hybridized carbons (Fsp3) is 0.294. The SMILES string of the molecule is CC(N)CCC(=O)NCc1ccnc(Oc2ccc(F)cc2)c1.Cl.Cl. The van der Waals surface area contributed by atoms with Crippen molar-refractivity contribution in [1.29, 1.82) is 0 Å². The maximum Gasteiger partial charge on any atom is 0.220 e. The third-order valence-electron chi connectivity index (χ3n) is 3.15. The van der Waals surface area contributed by atoms with Gasteiger partial charge >= 0.3 is 0 Å². The maximum atomic E-state index is 12.9. The Labute approximate surface area is 159 Å². The number of aromatic nitrogens is 1. The molecule has 1 aromatic heterocycles. The van der Waals surface area contributed by atoms with Crippen molar-refractivity contribution < 1.29 is 13.9 Å². The first kappa shape index (κ1) is 23.1. The number of carbonyl (C=O) groups is 1. The van der Waals surface area contributed by atoms with Crippen molar-refractivity contribution >= 4 is 30.7 Å². The molecule has 138 valence electrons. The molecule has 0 aliphatic rings. The molecule has 0 bridgehead atoms. The first-order valence-electron chi connectivity index (χ1n) is 7.43. The van der Waals surface area contributed by atoms with Gasteiger partial charge in [-0.15, -0.1) is 24.8 Å². The van der Waals surface area contributed by atoms with Crippen molar-refractivity contribution in [1.82, 2.24) is 10.3 Å². The van der Waals surface area contributed by atoms with E-state index in [9.17, 15) is 9.18 Å². The molecule has 5 nitrogen and oxygen atoms in total. The van der Waals surface area contributed by atoms with Crippen LogP contribution >= 0.6 is 24.8 Å². The van der Waals surface area contributed by atoms with E-state index in [0.29, 0.717) is 31.0 Å². The van der Waals surface area contributed by atoms with Crippen LogP contribution in [0.4, 0.5) is 4.39 Å². The summed E-state index contributed by atoms with van der Waals surface area (Å²) in [5.41, 5.74) is 6.49. The van der Waals surface area contributed by atoms with Crippen molar-refractivity contribution in [3.63, 3.8) is 0 Å². The standard InChI is InChI=1S/C17H20FN3O2.2ClH/c1-12(19)2-7-16(22)21-11-13-8-9-20-17(10-13)23-15-5-3-14(18)4-6-15;;/h3-6,8-10,12H,2,7,11,19H2,1H3,(H,21,22);2*1H. The van der Waals surface area contributed by atoms with Gasteiger partial charge in [0.2, 0.25) is 11.8 Å². The average molecular weight is 390 g/mol. The van der Waals surface area contributed by atoms with Gasteiger partial charge in [0, 0.05) is 31.3 Å². The normalized spacial score (nSPS) is 10.8. The quantitative estimate of drug-likeness (QED) is 0.758. The van der Waals surface area contributed by atoms with Gasteiger partial charge in [-0.3, -0.25) is 4.79 Å². The number of rotatable bonds is 7. The van der Waals surface area contributed by atoms with E-state index >= 15 is 0 Å². The lowest BCUT2D eigenvalue weighted by molar-refractivity contribution is -0.121. The Morgan fingerprint density at radius 3 is 2.60 bits per heavy atom. The minimum Gasteiger partial charge on any atom is -0.439 e. The number of nitrogens with zero attached hydrogens (tertiary/aromatic N) is 1. The smallest absolute Gasteiger partial charge is 0.220 e. The highest BCUT2D eigenvalue weighted by atomic mass is 35.5. The summed E-state index contributed by atoms with van der Waals surface area (Å²) in [6.07, 6.45) is 2.66. The third-order valence-corrected chi connectivity index (χ3v) is 3.15. The molecular formula is C17H22Cl2FN3O2. The van der Waals surface area contributed by atoms with Crippen molar-refractivity contribution in [2.45, 2.75) is 32.4 Å². The molecule has 3 N–H and O–H groups in total. The highest BCUT2D eigenvalue weighted by molar-refractivity contribution is 5.85. The highest BCUT2D eigenvalue weighted by Gasteiger charge is 2.05. The minimum atomic E-state index is -0.325. The van der Waals surface area contributed by atoms with Gasteiger partial charge in [0.1, 0.15) is 11.6 Å². The number of carbonyl (C=O) groups excluding carboxylic acids is 1. The number of halogens is 3. The number of pyridine rings is 1. The third kappa shape index (κ3) is 8.67. The molecule has 1 heterocycles. The van der Waals surface area contributed by atoms with Crippen LogP contribution in [0.1, 0.15) is 25.3 Å². The van der Waals surface area contributed by atoms with Crippen LogP contribution in [0.25, 0.3) is 0 Å². The van der Waals surface area contributed by atoms with E-state index < -0.39 is 0 Å². The second kappa shape index (κ2) is 11.6. The predicted octanol–water partition coefficient (Wildman–Crippen LogP) is 3.60. The number of nitrogens with one attached hydrogen (secondary N) is 1. The summed E-state index contributed by atoms with van der Waals surface area (Å²) in [5, 5.41) is 2.83. The second-order valence-electron chi connectivity index (χ2n) is 5.35. The van der Waals surface area contributed by atoms with E-state index in [1.54, 1.807) is 18.3 Å². The maximum absolute atomic E-state index is 12.9. The molecule has 1 amide bonds. The van der Waals surface area contributed by atoms with Gasteiger partial charge in [-0.05, 0) is 49.2 Å². The molecule has 25 heavy (non-hydrogen) atoms. The van der Waals surface area contributed by atoms with Crippen LogP contribution in [0.2, 0.25) is 0 Å². The van der Waals surface area contributed by atoms with Crippen LogP contribution in [0.3, 0.4) is 0 Å². The topological polar surface area (TPSA) is 77.2 Å². The summed E-state index contributed by atoms with van der Waals surface area (Å²) in [4.78, 5) is 15.8. The van der Waals surface area contributed by atoms with E-state index in [0.717, 1.165) is 5.56 Å². The molecule has 0 radical (unpaired) electrons. The van der Waals surface area contributed by atoms with Crippen molar-refractivity contribution in [2.24, 2.45) is 5.73 Å². The molecule has 1 unspecified atom stereocenters. The summed E-state index contributed by atoms with van der Waals surface area (Å²) >= 11 is 0. The molecule has 0 spiro atoms. The Hall–Kier alpha value is -1.89. The van der Waals surface area contributed by atoms with Crippen LogP contribution < -0.4 is 15.8 Å². The Morgan fingerprint density at radius 2 is 1.96 bits per heavy atom. The predicted molar refractivity (Wildman–Crippen MR) is 99.9 cm³/mol. The monoisotopic (exact) mass is 389 g/mol. The molecular weight excluding hydrogens is 368 g/mol. The molecule has 2 aromatic rings. The molecule has 0 saturated heterocycles. The van der Waals surface area contributed by atoms with Crippen molar-refractivity contribution in [3.05, 3.63) is 54.0 Å². The molecule has 0 fully saturated rings. The lowest BCUT2D eigenvalue weighted by Crippen LogP contribution is -2.25. The number of hydrogen-bond acceptors (Lipinski definition) is 4. The molecule has 1 atom stereocenters. The first-order valence-corrected chi connectivity index (χ1v) is 7.43. The lowest BCUT2D eigenvalue weighted by atomic mass is 10.2. The largest absolute Gasteiger partial charge is 0.439 e. The molecule has 0 saturated carbocycles. The van der Waals surface area contributed by atoms with Gasteiger partial charge in [0.15, 0.2) is 0 Å². The van der Waals surface area contributed by atoms with Gasteiger partial charge < -0.3 is 15.8 Å². The molecule has 0 aliphatic heterocycles. The number of amides is 1. The molecule has 0 aliphatic carbocycles. The van der Waals surface area contributed by atoms with E-state index in [-0.39, 0.29) is 42.6 Å². The number of nitrogens with two attached hydrogens (primary N) is 1. The number of ether oxygens (including phenoxy) is 1. The Morgan fingerprint density at radius 1 is 1.28 bits per heavy atom. The summed E-state index contributed by atoms with van der Waals surface area (Å²) < 4.78 is 18.4. The number of hydrogen-bond donors (Lipinski definition) is 2. The Balaban J connectivity index is 0.00000288. The Bertz CT molecular complexity index is 655. The zero-order valence-corrected chi connectivity index (χ0v) is 15.4. The van der Waals surface area contributed by atoms with Gasteiger partial charge in [-0.2, -0.15) is 0 Å². The summed E-state index contributed by atoms with van der Waals surface area (Å²) in [5.74, 6) is 0.518. The molecule has 8 heteroatoms. The average Bonchev–Trinajstić information content (AvgIpc) is 2.53. The second-order valence-corrected chi connectivity index (χ2v) is 5.35. The van der Waals surface area contributed by atoms with Crippen LogP contribution in [0.15, 0.2) is 42.6 Å². The van der Waals surface area contributed by atoms with Gasteiger partial charge in [-0.1, -0.05) is 0 Å². The summed E-state index contributed by atoms with van der Waals surface area (Å²) in [7, 11) is 0. The van der Waals surface area contributed by atoms with Gasteiger partial charge in [-0.25, -0.2) is 9.37 Å². The van der Waals surface area contributed by atoms with E-state index in [4.69, 9.17) is 10.5 Å². The van der Waals surface area contributed by atoms with Gasteiger partial charge in [0.25, 0.3) is 0 Å². The van der Waals surface area contributed by atoms with Crippen LogP contribution in [0, 0.1) is 5.82 Å². The van der Waals surface area contributed by atoms with Crippen LogP contribution in [-0.4, -0.2) is 16.9 Å². The number of benzene rings is 1. The highest BCUT2D eigenvalue weighted by Crippen LogP contribution is 2.20.